The molecular formula is C17H19ClN4O. The minimum absolute atomic E-state index is 0.184. The van der Waals surface area contributed by atoms with Gasteiger partial charge in [0.25, 0.3) is 0 Å². The molecule has 1 aromatic carbocycles. The molecule has 23 heavy (non-hydrogen) atoms. The Hall–Kier alpha value is -1.69. The van der Waals surface area contributed by atoms with Crippen LogP contribution in [0.1, 0.15) is 17.2 Å². The molecule has 2 aromatic rings. The molecule has 0 bridgehead atoms. The Labute approximate surface area is 140 Å². The Morgan fingerprint density at radius 2 is 1.87 bits per heavy atom. The molecular weight excluding hydrogens is 312 g/mol. The Morgan fingerprint density at radius 3 is 2.61 bits per heavy atom. The van der Waals surface area contributed by atoms with Gasteiger partial charge >= 0.3 is 0 Å². The summed E-state index contributed by atoms with van der Waals surface area (Å²) >= 11 is 5.95. The van der Waals surface area contributed by atoms with Crippen LogP contribution in [0.4, 0.5) is 5.82 Å². The number of rotatable bonds is 2. The van der Waals surface area contributed by atoms with E-state index in [-0.39, 0.29) is 12.1 Å². The monoisotopic (exact) mass is 330 g/mol. The van der Waals surface area contributed by atoms with Crippen LogP contribution in [0.3, 0.4) is 0 Å². The van der Waals surface area contributed by atoms with Crippen molar-refractivity contribution >= 4 is 17.4 Å². The molecule has 120 valence electrons. The third-order valence-corrected chi connectivity index (χ3v) is 5.10. The maximum atomic E-state index is 10.6. The molecule has 0 saturated carbocycles. The van der Waals surface area contributed by atoms with Gasteiger partial charge in [-0.3, -0.25) is 4.90 Å². The molecule has 2 atom stereocenters. The molecule has 2 aliphatic rings. The summed E-state index contributed by atoms with van der Waals surface area (Å²) in [5.74, 6) is 0.875. The fourth-order valence-corrected chi connectivity index (χ4v) is 3.80. The van der Waals surface area contributed by atoms with Gasteiger partial charge in [-0.2, -0.15) is 0 Å². The summed E-state index contributed by atoms with van der Waals surface area (Å²) in [4.78, 5) is 12.8. The van der Waals surface area contributed by atoms with E-state index in [2.05, 4.69) is 25.8 Å². The predicted octanol–water partition coefficient (Wildman–Crippen LogP) is 1.91. The summed E-state index contributed by atoms with van der Waals surface area (Å²) in [6, 6.07) is 10.2. The van der Waals surface area contributed by atoms with Crippen molar-refractivity contribution in [1.82, 2.24) is 14.9 Å². The minimum atomic E-state index is -0.383. The second-order valence-electron chi connectivity index (χ2n) is 6.14. The first kappa shape index (κ1) is 14.9. The standard InChI is InChI=1S/C17H19ClN4O/c18-15-10-16(20-11-19-15)22-7-5-21(6-8-22)14-9-12-3-1-2-4-13(12)17(14)23/h1-4,10-11,14,17,23H,5-9H2. The Balaban J connectivity index is 1.43. The molecule has 1 aliphatic heterocycles. The molecule has 1 aliphatic carbocycles. The predicted molar refractivity (Wildman–Crippen MR) is 89.7 cm³/mol. The van der Waals surface area contributed by atoms with Crippen LogP contribution in [0, 0.1) is 0 Å². The second kappa shape index (κ2) is 6.07. The summed E-state index contributed by atoms with van der Waals surface area (Å²) in [5, 5.41) is 11.1. The number of nitrogens with zero attached hydrogens (tertiary/aromatic N) is 4. The van der Waals surface area contributed by atoms with Crippen LogP contribution in [-0.4, -0.2) is 52.2 Å². The summed E-state index contributed by atoms with van der Waals surface area (Å²) in [7, 11) is 0. The largest absolute Gasteiger partial charge is 0.387 e. The van der Waals surface area contributed by atoms with Crippen LogP contribution in [0.2, 0.25) is 5.15 Å². The fourth-order valence-electron chi connectivity index (χ4n) is 3.66. The fraction of sp³-hybridized carbons (Fsp3) is 0.412. The molecule has 1 aromatic heterocycles. The van der Waals surface area contributed by atoms with E-state index in [1.807, 2.05) is 18.2 Å². The van der Waals surface area contributed by atoms with Crippen molar-refractivity contribution in [1.29, 1.82) is 0 Å². The summed E-state index contributed by atoms with van der Waals surface area (Å²) < 4.78 is 0. The lowest BCUT2D eigenvalue weighted by atomic mass is 10.1. The van der Waals surface area contributed by atoms with Crippen molar-refractivity contribution in [2.24, 2.45) is 0 Å². The van der Waals surface area contributed by atoms with Crippen molar-refractivity contribution in [3.63, 3.8) is 0 Å². The van der Waals surface area contributed by atoms with E-state index in [9.17, 15) is 5.11 Å². The van der Waals surface area contributed by atoms with Gasteiger partial charge in [0.05, 0.1) is 6.10 Å². The van der Waals surface area contributed by atoms with Gasteiger partial charge in [-0.05, 0) is 17.5 Å². The van der Waals surface area contributed by atoms with E-state index in [0.29, 0.717) is 5.15 Å². The van der Waals surface area contributed by atoms with E-state index in [0.717, 1.165) is 44.0 Å². The number of halogens is 1. The third kappa shape index (κ3) is 2.80. The van der Waals surface area contributed by atoms with Crippen LogP contribution >= 0.6 is 11.6 Å². The first-order valence-electron chi connectivity index (χ1n) is 7.95. The van der Waals surface area contributed by atoms with Crippen LogP contribution in [0.25, 0.3) is 0 Å². The highest BCUT2D eigenvalue weighted by molar-refractivity contribution is 6.29. The summed E-state index contributed by atoms with van der Waals surface area (Å²) in [5.41, 5.74) is 2.36. The average molecular weight is 331 g/mol. The third-order valence-electron chi connectivity index (χ3n) is 4.89. The molecule has 0 radical (unpaired) electrons. The van der Waals surface area contributed by atoms with Crippen molar-refractivity contribution in [3.05, 3.63) is 52.9 Å². The zero-order chi connectivity index (χ0) is 15.8. The maximum absolute atomic E-state index is 10.6. The van der Waals surface area contributed by atoms with Gasteiger partial charge in [-0.15, -0.1) is 0 Å². The first-order chi connectivity index (χ1) is 11.2. The van der Waals surface area contributed by atoms with Gasteiger partial charge in [-0.1, -0.05) is 35.9 Å². The SMILES string of the molecule is OC1c2ccccc2CC1N1CCN(c2cc(Cl)ncn2)CC1. The molecule has 1 N–H and O–H groups in total. The minimum Gasteiger partial charge on any atom is -0.387 e. The van der Waals surface area contributed by atoms with Crippen molar-refractivity contribution in [2.45, 2.75) is 18.6 Å². The smallest absolute Gasteiger partial charge is 0.134 e. The average Bonchev–Trinajstić information content (AvgIpc) is 2.92. The Kier molecular flexibility index (Phi) is 3.93. The molecule has 2 unspecified atom stereocenters. The van der Waals surface area contributed by atoms with Gasteiger partial charge < -0.3 is 10.0 Å². The lowest BCUT2D eigenvalue weighted by Crippen LogP contribution is -2.51. The molecule has 1 fully saturated rings. The number of piperazine rings is 1. The number of aliphatic hydroxyl groups is 1. The zero-order valence-corrected chi connectivity index (χ0v) is 13.5. The normalized spacial score (nSPS) is 24.7. The lowest BCUT2D eigenvalue weighted by molar-refractivity contribution is 0.0571. The summed E-state index contributed by atoms with van der Waals surface area (Å²) in [6.45, 7) is 3.59. The van der Waals surface area contributed by atoms with Crippen molar-refractivity contribution < 1.29 is 5.11 Å². The number of hydrogen-bond donors (Lipinski definition) is 1. The van der Waals surface area contributed by atoms with Crippen LogP contribution in [0.15, 0.2) is 36.7 Å². The molecule has 1 saturated heterocycles. The molecule has 0 amide bonds. The Bertz CT molecular complexity index is 702. The highest BCUT2D eigenvalue weighted by Gasteiger charge is 2.36. The van der Waals surface area contributed by atoms with Crippen LogP contribution < -0.4 is 4.90 Å². The topological polar surface area (TPSA) is 52.5 Å². The number of fused-ring (bicyclic) bond motifs is 1. The molecule has 5 nitrogen and oxygen atoms in total. The van der Waals surface area contributed by atoms with Gasteiger partial charge in [0.15, 0.2) is 0 Å². The second-order valence-corrected chi connectivity index (χ2v) is 6.52. The number of benzene rings is 1. The molecule has 0 spiro atoms. The maximum Gasteiger partial charge on any atom is 0.134 e. The molecule has 2 heterocycles. The lowest BCUT2D eigenvalue weighted by Gasteiger charge is -2.39. The molecule has 6 heteroatoms. The van der Waals surface area contributed by atoms with Crippen molar-refractivity contribution in [3.8, 4) is 0 Å². The van der Waals surface area contributed by atoms with Crippen LogP contribution in [-0.2, 0) is 6.42 Å². The van der Waals surface area contributed by atoms with Gasteiger partial charge in [-0.25, -0.2) is 9.97 Å². The number of anilines is 1. The summed E-state index contributed by atoms with van der Waals surface area (Å²) in [6.07, 6.45) is 2.05. The zero-order valence-electron chi connectivity index (χ0n) is 12.8. The quantitative estimate of drug-likeness (QED) is 0.852. The van der Waals surface area contributed by atoms with E-state index < -0.39 is 0 Å². The van der Waals surface area contributed by atoms with Gasteiger partial charge in [0.2, 0.25) is 0 Å². The molecule has 4 rings (SSSR count). The van der Waals surface area contributed by atoms with E-state index in [4.69, 9.17) is 11.6 Å². The van der Waals surface area contributed by atoms with Gasteiger partial charge in [0, 0.05) is 38.3 Å². The first-order valence-corrected chi connectivity index (χ1v) is 8.32. The van der Waals surface area contributed by atoms with E-state index >= 15 is 0 Å². The number of aromatic nitrogens is 2. The van der Waals surface area contributed by atoms with Crippen molar-refractivity contribution in [2.75, 3.05) is 31.1 Å². The number of aliphatic hydroxyl groups excluding tert-OH is 1. The number of hydrogen-bond acceptors (Lipinski definition) is 5. The van der Waals surface area contributed by atoms with E-state index in [1.165, 1.54) is 11.9 Å². The Morgan fingerprint density at radius 1 is 1.09 bits per heavy atom. The van der Waals surface area contributed by atoms with Crippen LogP contribution in [0.5, 0.6) is 0 Å². The highest BCUT2D eigenvalue weighted by atomic mass is 35.5. The van der Waals surface area contributed by atoms with Gasteiger partial charge in [0.1, 0.15) is 17.3 Å². The highest BCUT2D eigenvalue weighted by Crippen LogP contribution is 2.34. The van der Waals surface area contributed by atoms with E-state index in [1.54, 1.807) is 6.07 Å².